The van der Waals surface area contributed by atoms with Crippen LogP contribution in [0.1, 0.15) is 30.9 Å². The van der Waals surface area contributed by atoms with Gasteiger partial charge in [-0.05, 0) is 25.5 Å². The summed E-state index contributed by atoms with van der Waals surface area (Å²) < 4.78 is 5.30. The second kappa shape index (κ2) is 4.42. The number of aromatic nitrogens is 1. The summed E-state index contributed by atoms with van der Waals surface area (Å²) in [7, 11) is 1.70. The van der Waals surface area contributed by atoms with Crippen LogP contribution in [0.2, 0.25) is 0 Å². The summed E-state index contributed by atoms with van der Waals surface area (Å²) in [5, 5.41) is 3.50. The van der Waals surface area contributed by atoms with E-state index in [1.807, 2.05) is 12.3 Å². The summed E-state index contributed by atoms with van der Waals surface area (Å²) in [6.07, 6.45) is 7.38. The van der Waals surface area contributed by atoms with Gasteiger partial charge in [-0.1, -0.05) is 6.42 Å². The van der Waals surface area contributed by atoms with Crippen molar-refractivity contribution in [1.29, 1.82) is 0 Å². The summed E-state index contributed by atoms with van der Waals surface area (Å²) in [6.45, 7) is 1.11. The molecule has 0 amide bonds. The number of ether oxygens (including phenoxy) is 1. The first-order chi connectivity index (χ1) is 6.92. The van der Waals surface area contributed by atoms with Crippen molar-refractivity contribution in [2.24, 2.45) is 0 Å². The van der Waals surface area contributed by atoms with Crippen LogP contribution in [0.3, 0.4) is 0 Å². The molecule has 1 aromatic heterocycles. The van der Waals surface area contributed by atoms with Crippen molar-refractivity contribution in [3.05, 3.63) is 24.0 Å². The zero-order chi connectivity index (χ0) is 9.80. The van der Waals surface area contributed by atoms with Gasteiger partial charge in [0.1, 0.15) is 5.75 Å². The van der Waals surface area contributed by atoms with Crippen LogP contribution in [0.5, 0.6) is 5.75 Å². The predicted octanol–water partition coefficient (Wildman–Crippen LogP) is 1.90. The molecule has 0 spiro atoms. The number of methoxy groups -OCH3 is 1. The maximum Gasteiger partial charge on any atom is 0.141 e. The van der Waals surface area contributed by atoms with Gasteiger partial charge in [-0.15, -0.1) is 0 Å². The van der Waals surface area contributed by atoms with Crippen LogP contribution in [0.25, 0.3) is 0 Å². The van der Waals surface area contributed by atoms with Gasteiger partial charge in [0.25, 0.3) is 0 Å². The van der Waals surface area contributed by atoms with E-state index in [9.17, 15) is 0 Å². The van der Waals surface area contributed by atoms with Crippen LogP contribution < -0.4 is 10.1 Å². The van der Waals surface area contributed by atoms with Crippen molar-refractivity contribution in [3.8, 4) is 5.75 Å². The minimum Gasteiger partial charge on any atom is -0.495 e. The highest BCUT2D eigenvalue weighted by Crippen LogP contribution is 2.29. The quantitative estimate of drug-likeness (QED) is 0.777. The number of rotatable bonds is 2. The monoisotopic (exact) mass is 192 g/mol. The van der Waals surface area contributed by atoms with Gasteiger partial charge in [-0.2, -0.15) is 0 Å². The van der Waals surface area contributed by atoms with Crippen LogP contribution in [0.4, 0.5) is 0 Å². The number of hydrogen-bond acceptors (Lipinski definition) is 3. The van der Waals surface area contributed by atoms with Gasteiger partial charge in [0, 0.05) is 17.8 Å². The lowest BCUT2D eigenvalue weighted by molar-refractivity contribution is 0.372. The molecule has 2 heterocycles. The summed E-state index contributed by atoms with van der Waals surface area (Å²) in [5.74, 6) is 0.895. The lowest BCUT2D eigenvalue weighted by atomic mass is 9.98. The molecule has 1 aliphatic rings. The van der Waals surface area contributed by atoms with Crippen molar-refractivity contribution < 1.29 is 4.74 Å². The van der Waals surface area contributed by atoms with Crippen LogP contribution in [-0.2, 0) is 0 Å². The fourth-order valence-corrected chi connectivity index (χ4v) is 1.97. The Labute approximate surface area is 84.5 Å². The standard InChI is InChI=1S/C11H16N2O/c1-14-11-8-12-7-5-9(11)10-4-2-3-6-13-10/h5,7-8,10,13H,2-4,6H2,1H3/t10-/m0/s1. The van der Waals surface area contributed by atoms with Crippen LogP contribution in [0.15, 0.2) is 18.5 Å². The maximum absolute atomic E-state index is 5.30. The molecule has 1 fully saturated rings. The van der Waals surface area contributed by atoms with Gasteiger partial charge in [0.2, 0.25) is 0 Å². The Morgan fingerprint density at radius 1 is 1.50 bits per heavy atom. The first-order valence-corrected chi connectivity index (χ1v) is 5.13. The summed E-state index contributed by atoms with van der Waals surface area (Å²) in [4.78, 5) is 4.06. The first-order valence-electron chi connectivity index (χ1n) is 5.13. The van der Waals surface area contributed by atoms with Gasteiger partial charge in [-0.3, -0.25) is 4.98 Å². The number of piperidine rings is 1. The number of pyridine rings is 1. The molecule has 3 heteroatoms. The van der Waals surface area contributed by atoms with E-state index in [2.05, 4.69) is 10.3 Å². The molecule has 76 valence electrons. The van der Waals surface area contributed by atoms with E-state index in [-0.39, 0.29) is 0 Å². The molecule has 1 aliphatic heterocycles. The Hall–Kier alpha value is -1.09. The van der Waals surface area contributed by atoms with Crippen molar-refractivity contribution in [3.63, 3.8) is 0 Å². The molecular formula is C11H16N2O. The third-order valence-electron chi connectivity index (χ3n) is 2.72. The number of hydrogen-bond donors (Lipinski definition) is 1. The molecule has 1 aromatic rings. The molecule has 14 heavy (non-hydrogen) atoms. The fourth-order valence-electron chi connectivity index (χ4n) is 1.97. The molecule has 3 nitrogen and oxygen atoms in total. The van der Waals surface area contributed by atoms with Gasteiger partial charge in [-0.25, -0.2) is 0 Å². The molecule has 0 aliphatic carbocycles. The summed E-state index contributed by atoms with van der Waals surface area (Å²) in [5.41, 5.74) is 1.24. The molecule has 1 atom stereocenters. The second-order valence-corrected chi connectivity index (χ2v) is 3.62. The zero-order valence-corrected chi connectivity index (χ0v) is 8.49. The number of nitrogens with one attached hydrogen (secondary N) is 1. The molecule has 1 N–H and O–H groups in total. The van der Waals surface area contributed by atoms with Crippen LogP contribution in [0, 0.1) is 0 Å². The normalized spacial score (nSPS) is 21.9. The largest absolute Gasteiger partial charge is 0.495 e. The molecule has 0 bridgehead atoms. The average molecular weight is 192 g/mol. The van der Waals surface area contributed by atoms with Crippen LogP contribution >= 0.6 is 0 Å². The highest BCUT2D eigenvalue weighted by atomic mass is 16.5. The molecule has 1 saturated heterocycles. The second-order valence-electron chi connectivity index (χ2n) is 3.62. The minimum absolute atomic E-state index is 0.446. The van der Waals surface area contributed by atoms with Crippen molar-refractivity contribution in [1.82, 2.24) is 10.3 Å². The summed E-state index contributed by atoms with van der Waals surface area (Å²) in [6, 6.07) is 2.49. The average Bonchev–Trinajstić information content (AvgIpc) is 2.30. The SMILES string of the molecule is COc1cnccc1[C@@H]1CCCCN1. The minimum atomic E-state index is 0.446. The molecule has 0 radical (unpaired) electrons. The van der Waals surface area contributed by atoms with E-state index in [4.69, 9.17) is 4.74 Å². The van der Waals surface area contributed by atoms with Gasteiger partial charge in [0.15, 0.2) is 0 Å². The lowest BCUT2D eigenvalue weighted by Crippen LogP contribution is -2.27. The Morgan fingerprint density at radius 3 is 3.14 bits per heavy atom. The zero-order valence-electron chi connectivity index (χ0n) is 8.49. The number of nitrogens with zero attached hydrogens (tertiary/aromatic N) is 1. The van der Waals surface area contributed by atoms with Gasteiger partial charge in [0.05, 0.1) is 13.3 Å². The third-order valence-corrected chi connectivity index (χ3v) is 2.72. The van der Waals surface area contributed by atoms with Crippen molar-refractivity contribution >= 4 is 0 Å². The van der Waals surface area contributed by atoms with E-state index in [1.165, 1.54) is 24.8 Å². The van der Waals surface area contributed by atoms with Crippen LogP contribution in [-0.4, -0.2) is 18.6 Å². The topological polar surface area (TPSA) is 34.1 Å². The molecule has 0 saturated carbocycles. The van der Waals surface area contributed by atoms with E-state index in [0.29, 0.717) is 6.04 Å². The maximum atomic E-state index is 5.30. The van der Waals surface area contributed by atoms with Gasteiger partial charge < -0.3 is 10.1 Å². The molecule has 0 aromatic carbocycles. The highest BCUT2D eigenvalue weighted by molar-refractivity contribution is 5.32. The summed E-state index contributed by atoms with van der Waals surface area (Å²) >= 11 is 0. The van der Waals surface area contributed by atoms with Gasteiger partial charge >= 0.3 is 0 Å². The Bertz CT molecular complexity index is 295. The lowest BCUT2D eigenvalue weighted by Gasteiger charge is -2.24. The third kappa shape index (κ3) is 1.87. The Morgan fingerprint density at radius 2 is 2.43 bits per heavy atom. The molecular weight excluding hydrogens is 176 g/mol. The molecule has 0 unspecified atom stereocenters. The van der Waals surface area contributed by atoms with E-state index in [0.717, 1.165) is 12.3 Å². The fraction of sp³-hybridized carbons (Fsp3) is 0.545. The van der Waals surface area contributed by atoms with E-state index >= 15 is 0 Å². The Balaban J connectivity index is 2.20. The first kappa shape index (κ1) is 9.46. The molecule has 2 rings (SSSR count). The smallest absolute Gasteiger partial charge is 0.141 e. The van der Waals surface area contributed by atoms with Crippen molar-refractivity contribution in [2.75, 3.05) is 13.7 Å². The van der Waals surface area contributed by atoms with Crippen molar-refractivity contribution in [2.45, 2.75) is 25.3 Å². The highest BCUT2D eigenvalue weighted by Gasteiger charge is 2.17. The van der Waals surface area contributed by atoms with E-state index < -0.39 is 0 Å². The van der Waals surface area contributed by atoms with E-state index in [1.54, 1.807) is 13.3 Å². The predicted molar refractivity (Wildman–Crippen MR) is 55.4 cm³/mol. The Kier molecular flexibility index (Phi) is 2.99.